The van der Waals surface area contributed by atoms with E-state index in [0.717, 1.165) is 25.9 Å². The minimum Gasteiger partial charge on any atom is -0.465 e. The molecule has 0 aliphatic heterocycles. The molecule has 0 heterocycles. The van der Waals surface area contributed by atoms with Crippen LogP contribution in [0.15, 0.2) is 24.3 Å². The van der Waals surface area contributed by atoms with Crippen molar-refractivity contribution in [2.45, 2.75) is 40.5 Å². The molecule has 0 aliphatic carbocycles. The van der Waals surface area contributed by atoms with E-state index in [9.17, 15) is 9.59 Å². The Morgan fingerprint density at radius 2 is 1.52 bits per heavy atom. The predicted molar refractivity (Wildman–Crippen MR) is 92.6 cm³/mol. The highest BCUT2D eigenvalue weighted by atomic mass is 16.5. The van der Waals surface area contributed by atoms with Gasteiger partial charge >= 0.3 is 5.97 Å². The summed E-state index contributed by atoms with van der Waals surface area (Å²) >= 11 is 0. The third-order valence-electron chi connectivity index (χ3n) is 3.77. The SMILES string of the molecule is COC(=O)c1cccc(C(=O)N(CCC(C)C)CCC(C)C)c1. The van der Waals surface area contributed by atoms with Crippen LogP contribution in [-0.2, 0) is 4.74 Å². The van der Waals surface area contributed by atoms with Crippen LogP contribution in [0.25, 0.3) is 0 Å². The molecule has 0 unspecified atom stereocenters. The van der Waals surface area contributed by atoms with Gasteiger partial charge in [-0.05, 0) is 42.9 Å². The van der Waals surface area contributed by atoms with E-state index in [1.165, 1.54) is 7.11 Å². The zero-order valence-electron chi connectivity index (χ0n) is 15.0. The van der Waals surface area contributed by atoms with Crippen LogP contribution in [0.4, 0.5) is 0 Å². The lowest BCUT2D eigenvalue weighted by molar-refractivity contribution is 0.0600. The Bertz CT molecular complexity index is 511. The summed E-state index contributed by atoms with van der Waals surface area (Å²) < 4.78 is 4.73. The molecule has 1 amide bonds. The molecule has 0 spiro atoms. The molecular formula is C19H29NO3. The highest BCUT2D eigenvalue weighted by Crippen LogP contribution is 2.13. The first-order valence-corrected chi connectivity index (χ1v) is 8.32. The number of hydrogen-bond donors (Lipinski definition) is 0. The second kappa shape index (κ2) is 9.33. The van der Waals surface area contributed by atoms with Gasteiger partial charge in [0.15, 0.2) is 0 Å². The maximum absolute atomic E-state index is 12.8. The van der Waals surface area contributed by atoms with E-state index < -0.39 is 5.97 Å². The maximum Gasteiger partial charge on any atom is 0.337 e. The van der Waals surface area contributed by atoms with E-state index in [1.807, 2.05) is 4.90 Å². The molecule has 0 aromatic heterocycles. The van der Waals surface area contributed by atoms with Gasteiger partial charge in [-0.25, -0.2) is 4.79 Å². The van der Waals surface area contributed by atoms with Gasteiger partial charge in [0.1, 0.15) is 0 Å². The highest BCUT2D eigenvalue weighted by molar-refractivity contribution is 5.97. The largest absolute Gasteiger partial charge is 0.465 e. The molecule has 0 N–H and O–H groups in total. The molecule has 4 heteroatoms. The number of carbonyl (C=O) groups is 2. The minimum atomic E-state index is -0.421. The third kappa shape index (κ3) is 6.43. The topological polar surface area (TPSA) is 46.6 Å². The number of ether oxygens (including phenoxy) is 1. The number of methoxy groups -OCH3 is 1. The summed E-state index contributed by atoms with van der Waals surface area (Å²) in [5.41, 5.74) is 0.950. The van der Waals surface area contributed by atoms with Crippen LogP contribution in [0.2, 0.25) is 0 Å². The summed E-state index contributed by atoms with van der Waals surface area (Å²) in [6.07, 6.45) is 1.95. The van der Waals surface area contributed by atoms with Gasteiger partial charge in [0.05, 0.1) is 12.7 Å². The Morgan fingerprint density at radius 1 is 1.00 bits per heavy atom. The lowest BCUT2D eigenvalue weighted by Crippen LogP contribution is -2.34. The Balaban J connectivity index is 2.91. The van der Waals surface area contributed by atoms with Crippen molar-refractivity contribution in [3.8, 4) is 0 Å². The van der Waals surface area contributed by atoms with Crippen molar-refractivity contribution in [1.29, 1.82) is 0 Å². The van der Waals surface area contributed by atoms with Crippen LogP contribution in [-0.4, -0.2) is 37.0 Å². The molecule has 0 bridgehead atoms. The predicted octanol–water partition coefficient (Wildman–Crippen LogP) is 4.01. The number of hydrogen-bond acceptors (Lipinski definition) is 3. The van der Waals surface area contributed by atoms with Crippen molar-refractivity contribution in [2.75, 3.05) is 20.2 Å². The molecule has 0 saturated carbocycles. The first-order chi connectivity index (χ1) is 10.8. The standard InChI is InChI=1S/C19H29NO3/c1-14(2)9-11-20(12-10-15(3)4)18(21)16-7-6-8-17(13-16)19(22)23-5/h6-8,13-15H,9-12H2,1-5H3. The van der Waals surface area contributed by atoms with Gasteiger partial charge in [0.25, 0.3) is 5.91 Å². The van der Waals surface area contributed by atoms with Crippen molar-refractivity contribution in [1.82, 2.24) is 4.90 Å². The highest BCUT2D eigenvalue weighted by Gasteiger charge is 2.18. The van der Waals surface area contributed by atoms with Crippen molar-refractivity contribution < 1.29 is 14.3 Å². The molecule has 1 aromatic carbocycles. The third-order valence-corrected chi connectivity index (χ3v) is 3.77. The first-order valence-electron chi connectivity index (χ1n) is 8.32. The van der Waals surface area contributed by atoms with E-state index in [-0.39, 0.29) is 5.91 Å². The average molecular weight is 319 g/mol. The van der Waals surface area contributed by atoms with Gasteiger partial charge in [-0.2, -0.15) is 0 Å². The van der Waals surface area contributed by atoms with Crippen LogP contribution in [0, 0.1) is 11.8 Å². The quantitative estimate of drug-likeness (QED) is 0.680. The summed E-state index contributed by atoms with van der Waals surface area (Å²) in [5, 5.41) is 0. The molecule has 4 nitrogen and oxygen atoms in total. The van der Waals surface area contributed by atoms with Crippen LogP contribution < -0.4 is 0 Å². The van der Waals surface area contributed by atoms with Gasteiger partial charge in [0, 0.05) is 18.7 Å². The van der Waals surface area contributed by atoms with Crippen molar-refractivity contribution in [3.05, 3.63) is 35.4 Å². The van der Waals surface area contributed by atoms with Gasteiger partial charge < -0.3 is 9.64 Å². The monoisotopic (exact) mass is 319 g/mol. The smallest absolute Gasteiger partial charge is 0.337 e. The Morgan fingerprint density at radius 3 is 2.00 bits per heavy atom. The normalized spacial score (nSPS) is 10.9. The molecule has 0 atom stereocenters. The fourth-order valence-electron chi connectivity index (χ4n) is 2.22. The van der Waals surface area contributed by atoms with Gasteiger partial charge in [-0.1, -0.05) is 33.8 Å². The molecule has 0 fully saturated rings. The summed E-state index contributed by atoms with van der Waals surface area (Å²) in [7, 11) is 1.34. The lowest BCUT2D eigenvalue weighted by Gasteiger charge is -2.24. The number of amides is 1. The molecular weight excluding hydrogens is 290 g/mol. The van der Waals surface area contributed by atoms with Gasteiger partial charge in [-0.15, -0.1) is 0 Å². The van der Waals surface area contributed by atoms with E-state index >= 15 is 0 Å². The molecule has 0 aliphatic rings. The minimum absolute atomic E-state index is 0.0166. The first kappa shape index (κ1) is 19.2. The second-order valence-electron chi connectivity index (χ2n) is 6.73. The number of carbonyl (C=O) groups excluding carboxylic acids is 2. The van der Waals surface area contributed by atoms with Crippen LogP contribution >= 0.6 is 0 Å². The summed E-state index contributed by atoms with van der Waals surface area (Å²) in [5.74, 6) is 0.657. The Hall–Kier alpha value is -1.84. The fourth-order valence-corrected chi connectivity index (χ4v) is 2.22. The maximum atomic E-state index is 12.8. The number of benzene rings is 1. The van der Waals surface area contributed by atoms with Crippen LogP contribution in [0.3, 0.4) is 0 Å². The Kier molecular flexibility index (Phi) is 7.79. The zero-order chi connectivity index (χ0) is 17.4. The molecule has 0 saturated heterocycles. The number of nitrogens with zero attached hydrogens (tertiary/aromatic N) is 1. The molecule has 128 valence electrons. The molecule has 0 radical (unpaired) electrons. The van der Waals surface area contributed by atoms with Crippen molar-refractivity contribution in [3.63, 3.8) is 0 Å². The molecule has 1 aromatic rings. The van der Waals surface area contributed by atoms with Crippen LogP contribution in [0.5, 0.6) is 0 Å². The lowest BCUT2D eigenvalue weighted by atomic mass is 10.1. The van der Waals surface area contributed by atoms with E-state index in [0.29, 0.717) is 23.0 Å². The number of esters is 1. The molecule has 1 rings (SSSR count). The van der Waals surface area contributed by atoms with Gasteiger partial charge in [0.2, 0.25) is 0 Å². The Labute approximate surface area is 139 Å². The number of rotatable bonds is 8. The van der Waals surface area contributed by atoms with Crippen LogP contribution in [0.1, 0.15) is 61.3 Å². The second-order valence-corrected chi connectivity index (χ2v) is 6.73. The molecule has 23 heavy (non-hydrogen) atoms. The summed E-state index contributed by atoms with van der Waals surface area (Å²) in [6, 6.07) is 6.76. The fraction of sp³-hybridized carbons (Fsp3) is 0.579. The van der Waals surface area contributed by atoms with Crippen molar-refractivity contribution >= 4 is 11.9 Å². The van der Waals surface area contributed by atoms with E-state index in [4.69, 9.17) is 4.74 Å². The van der Waals surface area contributed by atoms with Gasteiger partial charge in [-0.3, -0.25) is 4.79 Å². The zero-order valence-corrected chi connectivity index (χ0v) is 15.0. The summed E-state index contributed by atoms with van der Waals surface area (Å²) in [6.45, 7) is 10.1. The summed E-state index contributed by atoms with van der Waals surface area (Å²) in [4.78, 5) is 26.3. The van der Waals surface area contributed by atoms with E-state index in [1.54, 1.807) is 24.3 Å². The average Bonchev–Trinajstić information content (AvgIpc) is 2.53. The van der Waals surface area contributed by atoms with E-state index in [2.05, 4.69) is 27.7 Å². The van der Waals surface area contributed by atoms with Crippen molar-refractivity contribution in [2.24, 2.45) is 11.8 Å².